The number of rotatable bonds is 1. The topological polar surface area (TPSA) is 62.0 Å². The van der Waals surface area contributed by atoms with E-state index in [0.29, 0.717) is 11.4 Å². The average molecular weight is 162 g/mol. The van der Waals surface area contributed by atoms with Gasteiger partial charge in [0.05, 0.1) is 0 Å². The van der Waals surface area contributed by atoms with Gasteiger partial charge in [-0.1, -0.05) is 0 Å². The van der Waals surface area contributed by atoms with Gasteiger partial charge in [-0.05, 0) is 12.2 Å². The van der Waals surface area contributed by atoms with Crippen LogP contribution in [0.2, 0.25) is 0 Å². The fourth-order valence-electron chi connectivity index (χ4n) is 1.21. The number of nitrogens with zero attached hydrogens (tertiary/aromatic N) is 2. The van der Waals surface area contributed by atoms with E-state index < -0.39 is 11.9 Å². The molecule has 0 unspecified atom stereocenters. The smallest absolute Gasteiger partial charge is 0.315 e. The number of fused-ring (bicyclic) bond motifs is 1. The lowest BCUT2D eigenvalue weighted by molar-refractivity contribution is -0.138. The van der Waals surface area contributed by atoms with Crippen molar-refractivity contribution < 1.29 is 9.90 Å². The molecule has 0 aliphatic carbocycles. The van der Waals surface area contributed by atoms with Gasteiger partial charge < -0.3 is 5.11 Å². The van der Waals surface area contributed by atoms with Gasteiger partial charge in [-0.15, -0.1) is 0 Å². The average Bonchev–Trinajstić information content (AvgIpc) is 2.49. The normalized spacial score (nSPS) is 24.8. The largest absolute Gasteiger partial charge is 0.481 e. The quantitative estimate of drug-likeness (QED) is 0.614. The highest BCUT2D eigenvalue weighted by atomic mass is 16.4. The number of carbonyl (C=O) groups is 1. The van der Waals surface area contributed by atoms with Crippen LogP contribution in [-0.4, -0.2) is 23.1 Å². The number of allylic oxidation sites excluding steroid dienone is 1. The Balaban J connectivity index is 2.39. The Morgan fingerprint density at radius 2 is 2.42 bits per heavy atom. The molecule has 0 bridgehead atoms. The van der Waals surface area contributed by atoms with Crippen molar-refractivity contribution in [3.63, 3.8) is 0 Å². The van der Waals surface area contributed by atoms with E-state index in [1.54, 1.807) is 18.4 Å². The summed E-state index contributed by atoms with van der Waals surface area (Å²) in [5.74, 6) is -0.930. The van der Waals surface area contributed by atoms with Crippen LogP contribution < -0.4 is 0 Å². The summed E-state index contributed by atoms with van der Waals surface area (Å²) in [7, 11) is 0. The zero-order valence-corrected chi connectivity index (χ0v) is 6.14. The molecule has 0 aromatic heterocycles. The molecule has 4 heteroatoms. The van der Waals surface area contributed by atoms with Gasteiger partial charge >= 0.3 is 5.97 Å². The SMILES string of the molecule is O=C(O)[C@@H]1C=CN=C2N=CC=C21. The molecular weight excluding hydrogens is 156 g/mol. The van der Waals surface area contributed by atoms with Crippen molar-refractivity contribution in [3.05, 3.63) is 23.9 Å². The Morgan fingerprint density at radius 3 is 3.17 bits per heavy atom. The molecule has 1 atom stereocenters. The van der Waals surface area contributed by atoms with Gasteiger partial charge in [-0.25, -0.2) is 9.98 Å². The third-order valence-electron chi connectivity index (χ3n) is 1.79. The van der Waals surface area contributed by atoms with E-state index in [9.17, 15) is 4.79 Å². The van der Waals surface area contributed by atoms with Crippen LogP contribution in [0.4, 0.5) is 0 Å². The number of aliphatic imine (C=N–C) groups is 2. The summed E-state index contributed by atoms with van der Waals surface area (Å²) in [4.78, 5) is 18.5. The molecule has 2 heterocycles. The predicted octanol–water partition coefficient (Wildman–Crippen LogP) is 0.624. The van der Waals surface area contributed by atoms with E-state index in [4.69, 9.17) is 5.11 Å². The minimum atomic E-state index is -0.865. The van der Waals surface area contributed by atoms with Crippen LogP contribution in [0.15, 0.2) is 33.9 Å². The first-order valence-electron chi connectivity index (χ1n) is 3.51. The van der Waals surface area contributed by atoms with Crippen molar-refractivity contribution in [3.8, 4) is 0 Å². The van der Waals surface area contributed by atoms with E-state index in [-0.39, 0.29) is 0 Å². The van der Waals surface area contributed by atoms with Gasteiger partial charge in [0.15, 0.2) is 5.84 Å². The highest BCUT2D eigenvalue weighted by Crippen LogP contribution is 2.22. The third-order valence-corrected chi connectivity index (χ3v) is 1.79. The second-order valence-corrected chi connectivity index (χ2v) is 2.51. The molecule has 0 radical (unpaired) electrons. The van der Waals surface area contributed by atoms with Gasteiger partial charge in [-0.3, -0.25) is 4.79 Å². The summed E-state index contributed by atoms with van der Waals surface area (Å²) >= 11 is 0. The maximum Gasteiger partial charge on any atom is 0.315 e. The van der Waals surface area contributed by atoms with Gasteiger partial charge in [0.2, 0.25) is 0 Å². The highest BCUT2D eigenvalue weighted by Gasteiger charge is 2.26. The van der Waals surface area contributed by atoms with Gasteiger partial charge in [0.1, 0.15) is 5.92 Å². The number of aliphatic carboxylic acids is 1. The Bertz CT molecular complexity index is 350. The van der Waals surface area contributed by atoms with Crippen molar-refractivity contribution in [2.24, 2.45) is 15.9 Å². The van der Waals surface area contributed by atoms with Gasteiger partial charge in [0, 0.05) is 18.0 Å². The molecule has 2 aliphatic rings. The molecule has 0 amide bonds. The zero-order chi connectivity index (χ0) is 8.55. The van der Waals surface area contributed by atoms with Crippen LogP contribution in [0.25, 0.3) is 0 Å². The van der Waals surface area contributed by atoms with Crippen LogP contribution in [0.3, 0.4) is 0 Å². The maximum atomic E-state index is 10.7. The lowest BCUT2D eigenvalue weighted by atomic mass is 9.97. The van der Waals surface area contributed by atoms with Crippen molar-refractivity contribution >= 4 is 18.0 Å². The Morgan fingerprint density at radius 1 is 1.58 bits per heavy atom. The second kappa shape index (κ2) is 2.41. The molecule has 60 valence electrons. The Kier molecular flexibility index (Phi) is 1.40. The van der Waals surface area contributed by atoms with E-state index in [1.165, 1.54) is 6.20 Å². The number of hydrogen-bond acceptors (Lipinski definition) is 3. The van der Waals surface area contributed by atoms with Gasteiger partial charge in [0.25, 0.3) is 0 Å². The molecule has 0 aromatic rings. The van der Waals surface area contributed by atoms with Crippen molar-refractivity contribution in [1.29, 1.82) is 0 Å². The fraction of sp³-hybridized carbons (Fsp3) is 0.125. The van der Waals surface area contributed by atoms with Crippen molar-refractivity contribution in [2.75, 3.05) is 0 Å². The lowest BCUT2D eigenvalue weighted by Gasteiger charge is -2.11. The summed E-state index contributed by atoms with van der Waals surface area (Å²) in [6.45, 7) is 0. The number of carboxylic acid groups (broad SMARTS) is 1. The van der Waals surface area contributed by atoms with Crippen LogP contribution >= 0.6 is 0 Å². The zero-order valence-electron chi connectivity index (χ0n) is 6.14. The molecule has 0 saturated carbocycles. The monoisotopic (exact) mass is 162 g/mol. The van der Waals surface area contributed by atoms with Crippen LogP contribution in [0.1, 0.15) is 0 Å². The molecule has 0 spiro atoms. The molecule has 4 nitrogen and oxygen atoms in total. The Labute approximate surface area is 68.6 Å². The van der Waals surface area contributed by atoms with Crippen LogP contribution in [0, 0.1) is 5.92 Å². The van der Waals surface area contributed by atoms with E-state index in [1.807, 2.05) is 0 Å². The Hall–Kier alpha value is -1.71. The number of amidine groups is 1. The molecule has 12 heavy (non-hydrogen) atoms. The summed E-state index contributed by atoms with van der Waals surface area (Å²) in [6, 6.07) is 0. The summed E-state index contributed by atoms with van der Waals surface area (Å²) in [6.07, 6.45) is 6.28. The minimum absolute atomic E-state index is 0.518. The predicted molar refractivity (Wildman–Crippen MR) is 44.3 cm³/mol. The first-order chi connectivity index (χ1) is 5.79. The fourth-order valence-corrected chi connectivity index (χ4v) is 1.21. The molecule has 0 fully saturated rings. The van der Waals surface area contributed by atoms with Gasteiger partial charge in [-0.2, -0.15) is 0 Å². The summed E-state index contributed by atoms with van der Waals surface area (Å²) < 4.78 is 0. The van der Waals surface area contributed by atoms with E-state index in [2.05, 4.69) is 9.98 Å². The molecule has 2 aliphatic heterocycles. The van der Waals surface area contributed by atoms with Crippen molar-refractivity contribution in [1.82, 2.24) is 0 Å². The highest BCUT2D eigenvalue weighted by molar-refractivity contribution is 6.14. The van der Waals surface area contributed by atoms with Crippen LogP contribution in [0.5, 0.6) is 0 Å². The van der Waals surface area contributed by atoms with Crippen molar-refractivity contribution in [2.45, 2.75) is 0 Å². The summed E-state index contributed by atoms with van der Waals surface area (Å²) in [5, 5.41) is 8.78. The summed E-state index contributed by atoms with van der Waals surface area (Å²) in [5.41, 5.74) is 0.671. The lowest BCUT2D eigenvalue weighted by Crippen LogP contribution is -2.19. The van der Waals surface area contributed by atoms with E-state index >= 15 is 0 Å². The number of carboxylic acids is 1. The molecule has 0 aromatic carbocycles. The minimum Gasteiger partial charge on any atom is -0.481 e. The standard InChI is InChI=1S/C8H6N2O2/c11-8(12)6-2-4-10-7-5(6)1-3-9-7/h1-4,6H,(H,11,12)/t6-/m1/s1. The molecule has 2 rings (SSSR count). The third kappa shape index (κ3) is 0.887. The molecular formula is C8H6N2O2. The first-order valence-corrected chi connectivity index (χ1v) is 3.51. The molecule has 1 N–H and O–H groups in total. The second-order valence-electron chi connectivity index (χ2n) is 2.51. The van der Waals surface area contributed by atoms with Crippen LogP contribution in [-0.2, 0) is 4.79 Å². The number of hydrogen-bond donors (Lipinski definition) is 1. The maximum absolute atomic E-state index is 10.7. The first kappa shape index (κ1) is 6.97. The molecule has 0 saturated heterocycles. The van der Waals surface area contributed by atoms with E-state index in [0.717, 1.165) is 0 Å².